The molecule has 0 radical (unpaired) electrons. The molecule has 210 valence electrons. The Morgan fingerprint density at radius 1 is 1.02 bits per heavy atom. The van der Waals surface area contributed by atoms with E-state index in [9.17, 15) is 14.4 Å². The molecule has 0 saturated heterocycles. The van der Waals surface area contributed by atoms with E-state index in [0.29, 0.717) is 44.9 Å². The maximum absolute atomic E-state index is 14.5. The molecule has 1 unspecified atom stereocenters. The number of aromatic nitrogens is 3. The number of nitrogens with one attached hydrogen (secondary N) is 1. The maximum Gasteiger partial charge on any atom is 0.280 e. The molecule has 4 aromatic rings. The molecule has 1 N–H and O–H groups in total. The average molecular weight is 574 g/mol. The predicted octanol–water partition coefficient (Wildman–Crippen LogP) is 4.66. The van der Waals surface area contributed by atoms with Crippen LogP contribution in [0, 0.1) is 6.92 Å². The Morgan fingerprint density at radius 3 is 2.46 bits per heavy atom. The van der Waals surface area contributed by atoms with Gasteiger partial charge in [0.15, 0.2) is 11.2 Å². The number of benzene rings is 2. The molecule has 10 nitrogen and oxygen atoms in total. The fraction of sp³-hybridized carbons (Fsp3) is 0.267. The van der Waals surface area contributed by atoms with E-state index in [1.54, 1.807) is 63.9 Å². The van der Waals surface area contributed by atoms with Gasteiger partial charge >= 0.3 is 0 Å². The summed E-state index contributed by atoms with van der Waals surface area (Å²) in [5.41, 5.74) is 0.702. The first-order valence-corrected chi connectivity index (χ1v) is 13.4. The largest absolute Gasteiger partial charge is 0.497 e. The van der Waals surface area contributed by atoms with Gasteiger partial charge in [0, 0.05) is 41.6 Å². The highest BCUT2D eigenvalue weighted by atomic mass is 35.5. The number of amides is 2. The summed E-state index contributed by atoms with van der Waals surface area (Å²) in [7, 11) is 4.72. The van der Waals surface area contributed by atoms with Crippen molar-refractivity contribution in [1.82, 2.24) is 14.1 Å². The highest BCUT2D eigenvalue weighted by Gasteiger charge is 2.64. The van der Waals surface area contributed by atoms with Crippen LogP contribution in [0.5, 0.6) is 11.5 Å². The van der Waals surface area contributed by atoms with Crippen LogP contribution in [-0.2, 0) is 17.4 Å². The molecule has 0 saturated carbocycles. The van der Waals surface area contributed by atoms with Crippen molar-refractivity contribution in [2.24, 2.45) is 7.05 Å². The van der Waals surface area contributed by atoms with Crippen LogP contribution in [0.2, 0.25) is 5.02 Å². The van der Waals surface area contributed by atoms with E-state index in [1.165, 1.54) is 9.47 Å². The van der Waals surface area contributed by atoms with E-state index >= 15 is 0 Å². The van der Waals surface area contributed by atoms with Crippen molar-refractivity contribution in [2.75, 3.05) is 24.4 Å². The second-order valence-electron chi connectivity index (χ2n) is 10.5. The SMILES string of the molecule is COc1ccc(-c2nc3c(n2C(C)C)C2(C(=O)Nc4cc(Cl)ccc42)N(c2cc(C)cn(C)c2=O)C3=O)c(OC)c1. The molecule has 1 spiro atoms. The second-order valence-corrected chi connectivity index (χ2v) is 10.9. The second kappa shape index (κ2) is 9.24. The molecule has 41 heavy (non-hydrogen) atoms. The Morgan fingerprint density at radius 2 is 1.78 bits per heavy atom. The first-order valence-electron chi connectivity index (χ1n) is 13.0. The molecular formula is C30H28ClN5O5. The number of hydrogen-bond acceptors (Lipinski definition) is 6. The van der Waals surface area contributed by atoms with Crippen molar-refractivity contribution in [3.8, 4) is 22.9 Å². The number of pyridine rings is 1. The summed E-state index contributed by atoms with van der Waals surface area (Å²) in [6.07, 6.45) is 1.68. The molecule has 2 amide bonds. The van der Waals surface area contributed by atoms with Crippen molar-refractivity contribution in [1.29, 1.82) is 0 Å². The summed E-state index contributed by atoms with van der Waals surface area (Å²) in [6.45, 7) is 5.72. The lowest BCUT2D eigenvalue weighted by molar-refractivity contribution is -0.119. The van der Waals surface area contributed by atoms with Gasteiger partial charge in [0.2, 0.25) is 0 Å². The molecule has 0 aliphatic carbocycles. The standard InChI is InChI=1S/C30H28ClN5O5/c1-15(2)35-25-24(33-26(35)19-9-8-18(40-5)13-23(19)41-6)28(38)36(22-11-16(3)14-34(4)27(22)37)30(25)20-10-7-17(31)12-21(20)32-29(30)39/h7-15H,1-6H3,(H,32,39). The van der Waals surface area contributed by atoms with E-state index in [0.717, 1.165) is 5.56 Å². The van der Waals surface area contributed by atoms with Crippen molar-refractivity contribution in [2.45, 2.75) is 32.4 Å². The number of imidazole rings is 1. The number of anilines is 2. The number of carbonyl (C=O) groups excluding carboxylic acids is 2. The Labute approximate surface area is 241 Å². The normalized spacial score (nSPS) is 17.3. The number of aryl methyl sites for hydroxylation is 2. The van der Waals surface area contributed by atoms with Gasteiger partial charge in [0.05, 0.1) is 25.5 Å². The minimum atomic E-state index is -1.72. The number of methoxy groups -OCH3 is 2. The summed E-state index contributed by atoms with van der Waals surface area (Å²) >= 11 is 6.31. The van der Waals surface area contributed by atoms with Gasteiger partial charge in [0.1, 0.15) is 23.0 Å². The minimum Gasteiger partial charge on any atom is -0.497 e. The van der Waals surface area contributed by atoms with Crippen LogP contribution < -0.4 is 25.2 Å². The molecule has 2 aliphatic rings. The van der Waals surface area contributed by atoms with Crippen LogP contribution >= 0.6 is 11.6 Å². The van der Waals surface area contributed by atoms with Gasteiger partial charge in [-0.25, -0.2) is 4.98 Å². The number of halogens is 1. The molecule has 0 bridgehead atoms. The van der Waals surface area contributed by atoms with E-state index in [2.05, 4.69) is 5.32 Å². The van der Waals surface area contributed by atoms with Crippen molar-refractivity contribution < 1.29 is 19.1 Å². The first-order chi connectivity index (χ1) is 19.5. The molecule has 4 heterocycles. The number of carbonyl (C=O) groups is 2. The van der Waals surface area contributed by atoms with Crippen LogP contribution in [-0.4, -0.2) is 40.2 Å². The van der Waals surface area contributed by atoms with E-state index in [1.807, 2.05) is 31.4 Å². The number of rotatable bonds is 5. The molecular weight excluding hydrogens is 546 g/mol. The van der Waals surface area contributed by atoms with E-state index in [4.69, 9.17) is 26.1 Å². The van der Waals surface area contributed by atoms with Crippen LogP contribution in [0.15, 0.2) is 53.5 Å². The summed E-state index contributed by atoms with van der Waals surface area (Å²) in [6, 6.07) is 11.7. The lowest BCUT2D eigenvalue weighted by Gasteiger charge is -2.35. The van der Waals surface area contributed by atoms with Gasteiger partial charge in [0.25, 0.3) is 17.4 Å². The zero-order chi connectivity index (χ0) is 29.4. The highest BCUT2D eigenvalue weighted by Crippen LogP contribution is 2.54. The zero-order valence-electron chi connectivity index (χ0n) is 23.4. The summed E-state index contributed by atoms with van der Waals surface area (Å²) in [5, 5.41) is 3.35. The Kier molecular flexibility index (Phi) is 6.00. The lowest BCUT2D eigenvalue weighted by atomic mass is 9.87. The van der Waals surface area contributed by atoms with E-state index in [-0.39, 0.29) is 17.4 Å². The summed E-state index contributed by atoms with van der Waals surface area (Å²) in [4.78, 5) is 48.5. The maximum atomic E-state index is 14.5. The summed E-state index contributed by atoms with van der Waals surface area (Å²) in [5.74, 6) is 0.484. The first kappa shape index (κ1) is 26.6. The average Bonchev–Trinajstić information content (AvgIpc) is 3.54. The van der Waals surface area contributed by atoms with E-state index < -0.39 is 22.9 Å². The van der Waals surface area contributed by atoms with Gasteiger partial charge in [-0.1, -0.05) is 17.7 Å². The number of nitrogens with zero attached hydrogens (tertiary/aromatic N) is 4. The number of hydrogen-bond donors (Lipinski definition) is 1. The van der Waals surface area contributed by atoms with Gasteiger partial charge in [-0.2, -0.15) is 0 Å². The van der Waals surface area contributed by atoms with Crippen LogP contribution in [0.1, 0.15) is 47.2 Å². The van der Waals surface area contributed by atoms with Crippen LogP contribution in [0.3, 0.4) is 0 Å². The minimum absolute atomic E-state index is 0.0762. The van der Waals surface area contributed by atoms with Crippen LogP contribution in [0.25, 0.3) is 11.4 Å². The topological polar surface area (TPSA) is 108 Å². The quantitative estimate of drug-likeness (QED) is 0.372. The smallest absolute Gasteiger partial charge is 0.280 e. The van der Waals surface area contributed by atoms with Gasteiger partial charge in [-0.05, 0) is 56.7 Å². The molecule has 6 rings (SSSR count). The molecule has 2 aromatic heterocycles. The van der Waals surface area contributed by atoms with Crippen molar-refractivity contribution in [3.63, 3.8) is 0 Å². The molecule has 2 aromatic carbocycles. The predicted molar refractivity (Wildman–Crippen MR) is 155 cm³/mol. The molecule has 11 heteroatoms. The third-order valence-electron chi connectivity index (χ3n) is 7.65. The van der Waals surface area contributed by atoms with Gasteiger partial charge < -0.3 is 23.9 Å². The van der Waals surface area contributed by atoms with Gasteiger partial charge in [-0.3, -0.25) is 19.3 Å². The highest BCUT2D eigenvalue weighted by molar-refractivity contribution is 6.31. The molecule has 2 aliphatic heterocycles. The Bertz CT molecular complexity index is 1840. The van der Waals surface area contributed by atoms with Gasteiger partial charge in [-0.15, -0.1) is 0 Å². The Hall–Kier alpha value is -4.57. The Balaban J connectivity index is 1.74. The van der Waals surface area contributed by atoms with Crippen LogP contribution in [0.4, 0.5) is 11.4 Å². The van der Waals surface area contributed by atoms with Crippen molar-refractivity contribution in [3.05, 3.63) is 86.6 Å². The van der Waals surface area contributed by atoms with Crippen molar-refractivity contribution >= 4 is 34.8 Å². The monoisotopic (exact) mass is 573 g/mol. The molecule has 0 fully saturated rings. The third kappa shape index (κ3) is 3.56. The lowest BCUT2D eigenvalue weighted by Crippen LogP contribution is -2.53. The number of ether oxygens (including phenoxy) is 2. The molecule has 1 atom stereocenters. The fourth-order valence-electron chi connectivity index (χ4n) is 6.00. The zero-order valence-corrected chi connectivity index (χ0v) is 24.2. The third-order valence-corrected chi connectivity index (χ3v) is 7.89. The summed E-state index contributed by atoms with van der Waals surface area (Å²) < 4.78 is 14.3. The fourth-order valence-corrected chi connectivity index (χ4v) is 6.18. The number of fused-ring (bicyclic) bond motifs is 4.